The van der Waals surface area contributed by atoms with Crippen molar-refractivity contribution in [2.24, 2.45) is 4.99 Å². The molecule has 0 aliphatic carbocycles. The summed E-state index contributed by atoms with van der Waals surface area (Å²) in [5.74, 6) is 1.11. The number of amidine groups is 1. The van der Waals surface area contributed by atoms with Gasteiger partial charge in [-0.15, -0.1) is 0 Å². The minimum Gasteiger partial charge on any atom is -0.370 e. The zero-order valence-corrected chi connectivity index (χ0v) is 13.2. The van der Waals surface area contributed by atoms with Gasteiger partial charge in [-0.1, -0.05) is 43.3 Å². The summed E-state index contributed by atoms with van der Waals surface area (Å²) in [6.07, 6.45) is 2.48. The molecule has 0 saturated carbocycles. The topological polar surface area (TPSA) is 53.5 Å². The number of aryl methyl sites for hydroxylation is 2. The van der Waals surface area contributed by atoms with Crippen LogP contribution in [0.4, 0.5) is 0 Å². The molecule has 1 rings (SSSR count). The zero-order chi connectivity index (χ0) is 15.7. The Morgan fingerprint density at radius 2 is 2.14 bits per heavy atom. The van der Waals surface area contributed by atoms with Crippen molar-refractivity contribution in [3.63, 3.8) is 0 Å². The number of nitrogens with zero attached hydrogens (tertiary/aromatic N) is 1. The summed E-state index contributed by atoms with van der Waals surface area (Å²) in [6.45, 7) is 10.3. The number of nitrogens with one attached hydrogen (secondary N) is 2. The van der Waals surface area contributed by atoms with Gasteiger partial charge in [-0.25, -0.2) is 4.99 Å². The molecule has 0 unspecified atom stereocenters. The first-order chi connectivity index (χ1) is 10.0. The van der Waals surface area contributed by atoms with E-state index in [1.165, 1.54) is 11.1 Å². The zero-order valence-electron chi connectivity index (χ0n) is 13.2. The summed E-state index contributed by atoms with van der Waals surface area (Å²) >= 11 is 0. The minimum absolute atomic E-state index is 0.0384. The first-order valence-electron chi connectivity index (χ1n) is 7.34. The number of amides is 1. The fourth-order valence-corrected chi connectivity index (χ4v) is 1.95. The number of carbonyl (C=O) groups is 1. The lowest BCUT2D eigenvalue weighted by Crippen LogP contribution is -2.28. The van der Waals surface area contributed by atoms with E-state index in [9.17, 15) is 4.79 Å². The molecule has 2 N–H and O–H groups in total. The number of hydrogen-bond acceptors (Lipinski definition) is 3. The molecule has 1 aromatic rings. The Bertz CT molecular complexity index is 521. The highest BCUT2D eigenvalue weighted by atomic mass is 16.1. The maximum atomic E-state index is 11.2. The monoisotopic (exact) mass is 287 g/mol. The Hall–Kier alpha value is -2.10. The van der Waals surface area contributed by atoms with Crippen molar-refractivity contribution in [2.45, 2.75) is 40.0 Å². The van der Waals surface area contributed by atoms with E-state index in [-0.39, 0.29) is 5.91 Å². The summed E-state index contributed by atoms with van der Waals surface area (Å²) < 4.78 is 0. The Labute approximate surface area is 127 Å². The van der Waals surface area contributed by atoms with E-state index in [2.05, 4.69) is 53.4 Å². The summed E-state index contributed by atoms with van der Waals surface area (Å²) in [6, 6.07) is 8.54. The lowest BCUT2D eigenvalue weighted by Gasteiger charge is -2.08. The van der Waals surface area contributed by atoms with Gasteiger partial charge in [-0.3, -0.25) is 4.79 Å². The van der Waals surface area contributed by atoms with Gasteiger partial charge < -0.3 is 10.6 Å². The fraction of sp³-hybridized carbons (Fsp3) is 0.412. The predicted octanol–water partition coefficient (Wildman–Crippen LogP) is 2.93. The average molecular weight is 287 g/mol. The van der Waals surface area contributed by atoms with Crippen LogP contribution in [0, 0.1) is 6.92 Å². The molecule has 1 aromatic carbocycles. The van der Waals surface area contributed by atoms with Gasteiger partial charge in [-0.2, -0.15) is 0 Å². The van der Waals surface area contributed by atoms with Crippen LogP contribution >= 0.6 is 0 Å². The van der Waals surface area contributed by atoms with Crippen LogP contribution in [0.5, 0.6) is 0 Å². The largest absolute Gasteiger partial charge is 0.370 e. The van der Waals surface area contributed by atoms with Gasteiger partial charge in [0, 0.05) is 13.0 Å². The maximum absolute atomic E-state index is 11.2. The number of rotatable bonds is 7. The molecule has 0 saturated heterocycles. The quantitative estimate of drug-likeness (QED) is 0.460. The van der Waals surface area contributed by atoms with E-state index < -0.39 is 0 Å². The third-order valence-electron chi connectivity index (χ3n) is 3.00. The van der Waals surface area contributed by atoms with Gasteiger partial charge in [0.05, 0.1) is 0 Å². The van der Waals surface area contributed by atoms with Crippen molar-refractivity contribution in [1.29, 1.82) is 0 Å². The Morgan fingerprint density at radius 1 is 1.38 bits per heavy atom. The summed E-state index contributed by atoms with van der Waals surface area (Å²) in [5, 5.41) is 5.85. The number of benzene rings is 1. The molecule has 0 aromatic heterocycles. The van der Waals surface area contributed by atoms with Crippen LogP contribution in [0.15, 0.2) is 41.7 Å². The smallest absolute Gasteiger partial charge is 0.224 e. The predicted molar refractivity (Wildman–Crippen MR) is 88.2 cm³/mol. The number of hydrogen-bond donors (Lipinski definition) is 2. The summed E-state index contributed by atoms with van der Waals surface area (Å²) in [4.78, 5) is 15.4. The van der Waals surface area contributed by atoms with E-state index in [1.54, 1.807) is 13.8 Å². The van der Waals surface area contributed by atoms with Crippen LogP contribution in [-0.4, -0.2) is 18.3 Å². The molecule has 0 aliphatic heterocycles. The first kappa shape index (κ1) is 17.0. The third-order valence-corrected chi connectivity index (χ3v) is 3.00. The first-order valence-corrected chi connectivity index (χ1v) is 7.34. The molecule has 114 valence electrons. The molecular weight excluding hydrogens is 262 g/mol. The highest BCUT2D eigenvalue weighted by molar-refractivity contribution is 5.97. The molecule has 0 spiro atoms. The van der Waals surface area contributed by atoms with E-state index in [0.717, 1.165) is 19.4 Å². The molecule has 0 aliphatic rings. The SMILES string of the molecule is C=C(/N=C(\C)NC(=O)CC)NCCCc1cccc(C)c1. The van der Waals surface area contributed by atoms with Crippen molar-refractivity contribution < 1.29 is 4.79 Å². The summed E-state index contributed by atoms with van der Waals surface area (Å²) in [5.41, 5.74) is 2.63. The average Bonchev–Trinajstić information content (AvgIpc) is 2.43. The second kappa shape index (κ2) is 8.95. The maximum Gasteiger partial charge on any atom is 0.224 e. The number of aliphatic imine (C=N–C) groups is 1. The van der Waals surface area contributed by atoms with Crippen molar-refractivity contribution in [1.82, 2.24) is 10.6 Å². The van der Waals surface area contributed by atoms with E-state index in [0.29, 0.717) is 18.1 Å². The highest BCUT2D eigenvalue weighted by Gasteiger charge is 1.99. The molecule has 0 fully saturated rings. The van der Waals surface area contributed by atoms with Gasteiger partial charge in [0.1, 0.15) is 11.7 Å². The molecule has 0 bridgehead atoms. The van der Waals surface area contributed by atoms with E-state index in [1.807, 2.05) is 0 Å². The minimum atomic E-state index is -0.0384. The van der Waals surface area contributed by atoms with Gasteiger partial charge >= 0.3 is 0 Å². The Balaban J connectivity index is 2.27. The fourth-order valence-electron chi connectivity index (χ4n) is 1.95. The number of carbonyl (C=O) groups excluding carboxylic acids is 1. The molecule has 4 nitrogen and oxygen atoms in total. The molecule has 0 atom stereocenters. The van der Waals surface area contributed by atoms with Crippen LogP contribution in [0.2, 0.25) is 0 Å². The second-order valence-corrected chi connectivity index (χ2v) is 5.07. The van der Waals surface area contributed by atoms with Gasteiger partial charge in [0.25, 0.3) is 0 Å². The van der Waals surface area contributed by atoms with Crippen molar-refractivity contribution in [2.75, 3.05) is 6.54 Å². The highest BCUT2D eigenvalue weighted by Crippen LogP contribution is 2.06. The molecule has 21 heavy (non-hydrogen) atoms. The third kappa shape index (κ3) is 7.30. The van der Waals surface area contributed by atoms with Crippen LogP contribution in [0.25, 0.3) is 0 Å². The van der Waals surface area contributed by atoms with E-state index in [4.69, 9.17) is 0 Å². The van der Waals surface area contributed by atoms with Gasteiger partial charge in [0.15, 0.2) is 0 Å². The summed E-state index contributed by atoms with van der Waals surface area (Å²) in [7, 11) is 0. The van der Waals surface area contributed by atoms with Gasteiger partial charge in [0.2, 0.25) is 5.91 Å². The van der Waals surface area contributed by atoms with E-state index >= 15 is 0 Å². The van der Waals surface area contributed by atoms with Crippen molar-refractivity contribution in [3.8, 4) is 0 Å². The van der Waals surface area contributed by atoms with Crippen LogP contribution in [0.1, 0.15) is 37.8 Å². The standard InChI is InChI=1S/C17H25N3O/c1-5-17(21)20-15(4)19-14(3)18-11-7-10-16-9-6-8-13(2)12-16/h6,8-9,12,18H,3,5,7,10-11H2,1-2,4H3,(H,19,20,21). The second-order valence-electron chi connectivity index (χ2n) is 5.07. The molecular formula is C17H25N3O. The lowest BCUT2D eigenvalue weighted by atomic mass is 10.1. The van der Waals surface area contributed by atoms with Crippen molar-refractivity contribution in [3.05, 3.63) is 47.8 Å². The molecule has 0 heterocycles. The van der Waals surface area contributed by atoms with Gasteiger partial charge in [-0.05, 0) is 32.3 Å². The Kier molecular flexibility index (Phi) is 7.23. The molecule has 1 amide bonds. The van der Waals surface area contributed by atoms with Crippen LogP contribution in [-0.2, 0) is 11.2 Å². The van der Waals surface area contributed by atoms with Crippen LogP contribution in [0.3, 0.4) is 0 Å². The normalized spacial score (nSPS) is 11.1. The molecule has 4 heteroatoms. The van der Waals surface area contributed by atoms with Crippen molar-refractivity contribution >= 4 is 11.7 Å². The lowest BCUT2D eigenvalue weighted by molar-refractivity contribution is -0.119. The van der Waals surface area contributed by atoms with Crippen LogP contribution < -0.4 is 10.6 Å². The Morgan fingerprint density at radius 3 is 2.81 bits per heavy atom. The molecule has 0 radical (unpaired) electrons.